The summed E-state index contributed by atoms with van der Waals surface area (Å²) < 4.78 is 4.86. The molecule has 0 aliphatic heterocycles. The topological polar surface area (TPSA) is 63.6 Å². The van der Waals surface area contributed by atoms with Crippen LogP contribution in [-0.2, 0) is 14.3 Å². The van der Waals surface area contributed by atoms with Crippen LogP contribution >= 0.6 is 0 Å². The number of rotatable bonds is 2. The van der Waals surface area contributed by atoms with Gasteiger partial charge >= 0.3 is 5.97 Å². The van der Waals surface area contributed by atoms with Gasteiger partial charge in [-0.25, -0.2) is 4.79 Å². The van der Waals surface area contributed by atoms with Gasteiger partial charge in [0.1, 0.15) is 5.78 Å². The Balaban J connectivity index is 2.86. The Morgan fingerprint density at radius 3 is 2.81 bits per heavy atom. The van der Waals surface area contributed by atoms with E-state index in [1.54, 1.807) is 13.8 Å². The van der Waals surface area contributed by atoms with E-state index in [2.05, 4.69) is 0 Å². The fraction of sp³-hybridized carbons (Fsp3) is 0.833. The largest absolute Gasteiger partial charge is 0.464 e. The SMILES string of the molecule is CCOC(=O)[C@]1(O)CCCCCC(=O)[C@H]1C. The zero-order valence-corrected chi connectivity index (χ0v) is 9.99. The normalized spacial score (nSPS) is 31.7. The van der Waals surface area contributed by atoms with E-state index in [1.807, 2.05) is 0 Å². The number of ether oxygens (including phenoxy) is 1. The van der Waals surface area contributed by atoms with Crippen LogP contribution in [0.1, 0.15) is 46.0 Å². The maximum atomic E-state index is 11.7. The van der Waals surface area contributed by atoms with Crippen LogP contribution in [0.4, 0.5) is 0 Å². The molecule has 1 N–H and O–H groups in total. The molecule has 0 aromatic rings. The molecule has 0 bridgehead atoms. The second-order valence-electron chi connectivity index (χ2n) is 4.39. The van der Waals surface area contributed by atoms with Crippen molar-refractivity contribution in [3.8, 4) is 0 Å². The smallest absolute Gasteiger partial charge is 0.338 e. The lowest BCUT2D eigenvalue weighted by Gasteiger charge is -2.32. The first kappa shape index (κ1) is 13.2. The van der Waals surface area contributed by atoms with Crippen LogP contribution in [0.2, 0.25) is 0 Å². The molecule has 0 aromatic carbocycles. The summed E-state index contributed by atoms with van der Waals surface area (Å²) in [6.07, 6.45) is 3.25. The summed E-state index contributed by atoms with van der Waals surface area (Å²) in [5.41, 5.74) is -1.62. The molecular weight excluding hydrogens is 208 g/mol. The molecule has 4 nitrogen and oxygen atoms in total. The van der Waals surface area contributed by atoms with Gasteiger partial charge in [-0.15, -0.1) is 0 Å². The van der Waals surface area contributed by atoms with Crippen LogP contribution in [0.3, 0.4) is 0 Å². The summed E-state index contributed by atoms with van der Waals surface area (Å²) in [5, 5.41) is 10.3. The zero-order valence-electron chi connectivity index (χ0n) is 9.99. The monoisotopic (exact) mass is 228 g/mol. The molecule has 0 radical (unpaired) electrons. The van der Waals surface area contributed by atoms with Crippen LogP contribution in [0.25, 0.3) is 0 Å². The predicted octanol–water partition coefficient (Wildman–Crippen LogP) is 1.45. The number of carbonyl (C=O) groups excluding carboxylic acids is 2. The van der Waals surface area contributed by atoms with Crippen molar-refractivity contribution in [2.45, 2.75) is 51.6 Å². The summed E-state index contributed by atoms with van der Waals surface area (Å²) in [7, 11) is 0. The van der Waals surface area contributed by atoms with Crippen LogP contribution in [0.5, 0.6) is 0 Å². The molecule has 1 aliphatic rings. The van der Waals surface area contributed by atoms with E-state index in [0.29, 0.717) is 12.8 Å². The minimum absolute atomic E-state index is 0.0461. The van der Waals surface area contributed by atoms with E-state index in [4.69, 9.17) is 4.74 Å². The van der Waals surface area contributed by atoms with Gasteiger partial charge in [0.15, 0.2) is 5.60 Å². The van der Waals surface area contributed by atoms with E-state index in [9.17, 15) is 14.7 Å². The molecule has 0 heterocycles. The van der Waals surface area contributed by atoms with Crippen LogP contribution in [0, 0.1) is 5.92 Å². The Hall–Kier alpha value is -0.900. The summed E-state index contributed by atoms with van der Waals surface area (Å²) >= 11 is 0. The Morgan fingerprint density at radius 1 is 1.50 bits per heavy atom. The second kappa shape index (κ2) is 5.43. The molecule has 0 saturated heterocycles. The number of carbonyl (C=O) groups is 2. The van der Waals surface area contributed by atoms with E-state index in [1.165, 1.54) is 0 Å². The maximum absolute atomic E-state index is 11.7. The van der Waals surface area contributed by atoms with Crippen molar-refractivity contribution in [3.63, 3.8) is 0 Å². The van der Waals surface area contributed by atoms with Crippen LogP contribution in [0.15, 0.2) is 0 Å². The molecule has 1 rings (SSSR count). The molecule has 16 heavy (non-hydrogen) atoms. The van der Waals surface area contributed by atoms with E-state index in [-0.39, 0.29) is 12.4 Å². The number of ketones is 1. The van der Waals surface area contributed by atoms with Gasteiger partial charge in [0.05, 0.1) is 12.5 Å². The van der Waals surface area contributed by atoms with Crippen molar-refractivity contribution in [2.75, 3.05) is 6.61 Å². The number of Topliss-reactive ketones (excluding diaryl/α,β-unsaturated/α-hetero) is 1. The number of hydrogen-bond donors (Lipinski definition) is 1. The van der Waals surface area contributed by atoms with Crippen LogP contribution in [-0.4, -0.2) is 29.1 Å². The Morgan fingerprint density at radius 2 is 2.19 bits per heavy atom. The van der Waals surface area contributed by atoms with Gasteiger partial charge in [-0.1, -0.05) is 13.3 Å². The van der Waals surface area contributed by atoms with Gasteiger partial charge in [-0.05, 0) is 26.2 Å². The first-order valence-corrected chi connectivity index (χ1v) is 5.94. The fourth-order valence-electron chi connectivity index (χ4n) is 2.10. The number of aliphatic hydroxyl groups is 1. The van der Waals surface area contributed by atoms with Gasteiger partial charge in [-0.3, -0.25) is 4.79 Å². The molecule has 0 spiro atoms. The third-order valence-electron chi connectivity index (χ3n) is 3.31. The fourth-order valence-corrected chi connectivity index (χ4v) is 2.10. The standard InChI is InChI=1S/C12H20O4/c1-3-16-11(14)12(15)8-6-4-5-7-10(13)9(12)2/h9,15H,3-8H2,1-2H3/t9-,12+/m1/s1. The molecule has 0 aromatic heterocycles. The second-order valence-corrected chi connectivity index (χ2v) is 4.39. The molecule has 92 valence electrons. The minimum Gasteiger partial charge on any atom is -0.464 e. The summed E-state index contributed by atoms with van der Waals surface area (Å²) in [6, 6.07) is 0. The molecule has 1 fully saturated rings. The van der Waals surface area contributed by atoms with Crippen molar-refractivity contribution in [2.24, 2.45) is 5.92 Å². The highest BCUT2D eigenvalue weighted by atomic mass is 16.5. The van der Waals surface area contributed by atoms with Crippen molar-refractivity contribution in [3.05, 3.63) is 0 Å². The van der Waals surface area contributed by atoms with E-state index >= 15 is 0 Å². The van der Waals surface area contributed by atoms with Gasteiger partial charge < -0.3 is 9.84 Å². The number of esters is 1. The summed E-state index contributed by atoms with van der Waals surface area (Å²) in [4.78, 5) is 23.4. The Bertz CT molecular complexity index is 274. The highest BCUT2D eigenvalue weighted by Crippen LogP contribution is 2.30. The Kier molecular flexibility index (Phi) is 4.47. The van der Waals surface area contributed by atoms with Crippen molar-refractivity contribution in [1.82, 2.24) is 0 Å². The lowest BCUT2D eigenvalue weighted by molar-refractivity contribution is -0.175. The molecule has 2 atom stereocenters. The summed E-state index contributed by atoms with van der Waals surface area (Å²) in [6.45, 7) is 3.53. The average molecular weight is 228 g/mol. The lowest BCUT2D eigenvalue weighted by atomic mass is 9.78. The molecule has 0 unspecified atom stereocenters. The van der Waals surface area contributed by atoms with Crippen molar-refractivity contribution in [1.29, 1.82) is 0 Å². The molecule has 1 aliphatic carbocycles. The first-order chi connectivity index (χ1) is 7.52. The summed E-state index contributed by atoms with van der Waals surface area (Å²) in [5.74, 6) is -1.36. The highest BCUT2D eigenvalue weighted by molar-refractivity contribution is 5.90. The van der Waals surface area contributed by atoms with Crippen LogP contribution < -0.4 is 0 Å². The Labute approximate surface area is 96.0 Å². The van der Waals surface area contributed by atoms with Gasteiger partial charge in [0.2, 0.25) is 0 Å². The highest BCUT2D eigenvalue weighted by Gasteiger charge is 2.46. The van der Waals surface area contributed by atoms with Gasteiger partial charge in [0.25, 0.3) is 0 Å². The third-order valence-corrected chi connectivity index (χ3v) is 3.31. The first-order valence-electron chi connectivity index (χ1n) is 5.94. The minimum atomic E-state index is -1.62. The quantitative estimate of drug-likeness (QED) is 0.726. The molecular formula is C12H20O4. The zero-order chi connectivity index (χ0) is 12.2. The molecule has 0 amide bonds. The molecule has 4 heteroatoms. The third kappa shape index (κ3) is 2.61. The van der Waals surface area contributed by atoms with Gasteiger partial charge in [0, 0.05) is 6.42 Å². The average Bonchev–Trinajstić information content (AvgIpc) is 2.25. The van der Waals surface area contributed by atoms with Gasteiger partial charge in [-0.2, -0.15) is 0 Å². The van der Waals surface area contributed by atoms with E-state index in [0.717, 1.165) is 19.3 Å². The predicted molar refractivity (Wildman–Crippen MR) is 58.8 cm³/mol. The lowest BCUT2D eigenvalue weighted by Crippen LogP contribution is -2.49. The van der Waals surface area contributed by atoms with Crippen molar-refractivity contribution >= 4 is 11.8 Å². The number of hydrogen-bond acceptors (Lipinski definition) is 4. The molecule has 1 saturated carbocycles. The van der Waals surface area contributed by atoms with E-state index < -0.39 is 17.5 Å². The van der Waals surface area contributed by atoms with Crippen molar-refractivity contribution < 1.29 is 19.4 Å². The maximum Gasteiger partial charge on any atom is 0.338 e.